The lowest BCUT2D eigenvalue weighted by atomic mass is 10.2. The first kappa shape index (κ1) is 9.24. The molecule has 0 saturated heterocycles. The van der Waals surface area contributed by atoms with E-state index in [1.165, 1.54) is 10.9 Å². The first-order valence-electron chi connectivity index (χ1n) is 4.75. The van der Waals surface area contributed by atoms with Gasteiger partial charge in [-0.1, -0.05) is 18.2 Å². The third kappa shape index (κ3) is 1.41. The lowest BCUT2D eigenvalue weighted by Crippen LogP contribution is -2.05. The van der Waals surface area contributed by atoms with E-state index in [0.717, 1.165) is 12.2 Å². The van der Waals surface area contributed by atoms with E-state index in [1.807, 2.05) is 12.1 Å². The maximum absolute atomic E-state index is 5.09. The second-order valence-electron chi connectivity index (χ2n) is 3.25. The summed E-state index contributed by atoms with van der Waals surface area (Å²) < 4.78 is 2.21. The van der Waals surface area contributed by atoms with Gasteiger partial charge in [0, 0.05) is 17.8 Å². The highest BCUT2D eigenvalue weighted by Gasteiger charge is 2.05. The molecule has 74 valence electrons. The number of benzene rings is 1. The number of nitrogens with two attached hydrogens (primary N) is 1. The summed E-state index contributed by atoms with van der Waals surface area (Å²) in [7, 11) is 0. The lowest BCUT2D eigenvalue weighted by Gasteiger charge is -2.05. The molecular formula is C11H14N2O. The zero-order valence-corrected chi connectivity index (χ0v) is 8.23. The molecule has 0 amide bonds. The van der Waals surface area contributed by atoms with Crippen molar-refractivity contribution in [1.29, 1.82) is 0 Å². The van der Waals surface area contributed by atoms with Gasteiger partial charge < -0.3 is 4.57 Å². The first-order valence-corrected chi connectivity index (χ1v) is 4.75. The Balaban J connectivity index is 2.60. The second-order valence-corrected chi connectivity index (χ2v) is 3.25. The van der Waals surface area contributed by atoms with Crippen molar-refractivity contribution in [2.75, 3.05) is 0 Å². The molecule has 0 radical (unpaired) electrons. The highest BCUT2D eigenvalue weighted by atomic mass is 16.6. The van der Waals surface area contributed by atoms with Crippen molar-refractivity contribution in [3.8, 4) is 0 Å². The monoisotopic (exact) mass is 190 g/mol. The van der Waals surface area contributed by atoms with Gasteiger partial charge in [0.25, 0.3) is 0 Å². The van der Waals surface area contributed by atoms with Crippen LogP contribution in [0.2, 0.25) is 0 Å². The maximum atomic E-state index is 5.09. The summed E-state index contributed by atoms with van der Waals surface area (Å²) in [5.41, 5.74) is 2.36. The molecule has 2 N–H and O–H groups in total. The minimum absolute atomic E-state index is 0.461. The largest absolute Gasteiger partial charge is 0.343 e. The van der Waals surface area contributed by atoms with E-state index >= 15 is 0 Å². The van der Waals surface area contributed by atoms with Crippen LogP contribution in [-0.4, -0.2) is 4.57 Å². The number of aryl methyl sites for hydroxylation is 1. The molecule has 0 spiro atoms. The molecule has 0 bridgehead atoms. The van der Waals surface area contributed by atoms with E-state index in [-0.39, 0.29) is 0 Å². The number of fused-ring (bicyclic) bond motifs is 1. The van der Waals surface area contributed by atoms with Gasteiger partial charge in [-0.05, 0) is 24.4 Å². The smallest absolute Gasteiger partial charge is 0.108 e. The lowest BCUT2D eigenvalue weighted by molar-refractivity contribution is 0.119. The summed E-state index contributed by atoms with van der Waals surface area (Å²) in [4.78, 5) is 4.68. The molecule has 1 heterocycles. The summed E-state index contributed by atoms with van der Waals surface area (Å²) in [5.74, 6) is 5.09. The fraction of sp³-hybridized carbons (Fsp3) is 0.273. The molecule has 0 aliphatic carbocycles. The summed E-state index contributed by atoms with van der Waals surface area (Å²) in [6.45, 7) is 3.52. The van der Waals surface area contributed by atoms with Crippen LogP contribution in [-0.2, 0) is 18.0 Å². The second kappa shape index (κ2) is 3.82. The van der Waals surface area contributed by atoms with Crippen LogP contribution >= 0.6 is 0 Å². The van der Waals surface area contributed by atoms with Gasteiger partial charge in [0.15, 0.2) is 0 Å². The Kier molecular flexibility index (Phi) is 2.52. The Hall–Kier alpha value is -1.32. The van der Waals surface area contributed by atoms with Crippen LogP contribution in [0.3, 0.4) is 0 Å². The van der Waals surface area contributed by atoms with Gasteiger partial charge in [-0.2, -0.15) is 0 Å². The van der Waals surface area contributed by atoms with Crippen LogP contribution in [0.15, 0.2) is 30.3 Å². The van der Waals surface area contributed by atoms with Crippen molar-refractivity contribution in [1.82, 2.24) is 4.57 Å². The standard InChI is InChI=1S/C11H14N2O/c1-2-13-10(8-14-12)7-9-5-3-4-6-11(9)13/h3-7H,2,8,12H2,1H3. The fourth-order valence-electron chi connectivity index (χ4n) is 1.85. The first-order chi connectivity index (χ1) is 6.86. The van der Waals surface area contributed by atoms with Crippen LogP contribution in [0.5, 0.6) is 0 Å². The predicted molar refractivity (Wildman–Crippen MR) is 56.6 cm³/mol. The topological polar surface area (TPSA) is 40.2 Å². The summed E-state index contributed by atoms with van der Waals surface area (Å²) >= 11 is 0. The zero-order chi connectivity index (χ0) is 9.97. The Labute approximate surface area is 83.0 Å². The van der Waals surface area contributed by atoms with Crippen LogP contribution in [0.1, 0.15) is 12.6 Å². The molecule has 3 nitrogen and oxygen atoms in total. The maximum Gasteiger partial charge on any atom is 0.108 e. The van der Waals surface area contributed by atoms with Crippen molar-refractivity contribution < 1.29 is 4.84 Å². The average Bonchev–Trinajstić information content (AvgIpc) is 2.55. The molecule has 0 unspecified atom stereocenters. The zero-order valence-electron chi connectivity index (χ0n) is 8.23. The van der Waals surface area contributed by atoms with E-state index < -0.39 is 0 Å². The van der Waals surface area contributed by atoms with Crippen molar-refractivity contribution in [3.63, 3.8) is 0 Å². The Bertz CT molecular complexity index is 434. The van der Waals surface area contributed by atoms with Crippen LogP contribution in [0, 0.1) is 0 Å². The van der Waals surface area contributed by atoms with Crippen molar-refractivity contribution in [2.24, 2.45) is 5.90 Å². The van der Waals surface area contributed by atoms with E-state index in [2.05, 4.69) is 34.5 Å². The minimum Gasteiger partial charge on any atom is -0.343 e. The highest BCUT2D eigenvalue weighted by Crippen LogP contribution is 2.19. The van der Waals surface area contributed by atoms with Gasteiger partial charge in [0.05, 0.1) is 0 Å². The molecular weight excluding hydrogens is 176 g/mol. The summed E-state index contributed by atoms with van der Waals surface area (Å²) in [6.07, 6.45) is 0. The quantitative estimate of drug-likeness (QED) is 0.752. The summed E-state index contributed by atoms with van der Waals surface area (Å²) in [5, 5.41) is 1.24. The fourth-order valence-corrected chi connectivity index (χ4v) is 1.85. The van der Waals surface area contributed by atoms with Crippen molar-refractivity contribution >= 4 is 10.9 Å². The van der Waals surface area contributed by atoms with Crippen molar-refractivity contribution in [3.05, 3.63) is 36.0 Å². The molecule has 14 heavy (non-hydrogen) atoms. The average molecular weight is 190 g/mol. The number of nitrogens with zero attached hydrogens (tertiary/aromatic N) is 1. The van der Waals surface area contributed by atoms with Crippen LogP contribution < -0.4 is 5.90 Å². The molecule has 2 aromatic rings. The molecule has 0 aliphatic heterocycles. The number of hydrogen-bond donors (Lipinski definition) is 1. The van der Waals surface area contributed by atoms with Gasteiger partial charge in [-0.15, -0.1) is 0 Å². The number of para-hydroxylation sites is 1. The number of aromatic nitrogens is 1. The molecule has 1 aromatic carbocycles. The molecule has 2 rings (SSSR count). The molecule has 0 saturated carbocycles. The molecule has 1 aromatic heterocycles. The van der Waals surface area contributed by atoms with E-state index in [0.29, 0.717) is 6.61 Å². The normalized spacial score (nSPS) is 11.0. The van der Waals surface area contributed by atoms with Crippen LogP contribution in [0.25, 0.3) is 10.9 Å². The van der Waals surface area contributed by atoms with Gasteiger partial charge in [0.1, 0.15) is 6.61 Å². The Morgan fingerprint density at radius 3 is 2.86 bits per heavy atom. The molecule has 3 heteroatoms. The van der Waals surface area contributed by atoms with Crippen molar-refractivity contribution in [2.45, 2.75) is 20.1 Å². The van der Waals surface area contributed by atoms with E-state index in [1.54, 1.807) is 0 Å². The third-order valence-electron chi connectivity index (χ3n) is 2.44. The van der Waals surface area contributed by atoms with E-state index in [4.69, 9.17) is 5.90 Å². The SMILES string of the molecule is CCn1c(CON)cc2ccccc21. The van der Waals surface area contributed by atoms with Gasteiger partial charge >= 0.3 is 0 Å². The van der Waals surface area contributed by atoms with Gasteiger partial charge in [-0.3, -0.25) is 4.84 Å². The minimum atomic E-state index is 0.461. The Morgan fingerprint density at radius 1 is 1.36 bits per heavy atom. The molecule has 0 aliphatic rings. The van der Waals surface area contributed by atoms with Gasteiger partial charge in [-0.25, -0.2) is 5.90 Å². The predicted octanol–water partition coefficient (Wildman–Crippen LogP) is 2.05. The molecule has 0 fully saturated rings. The third-order valence-corrected chi connectivity index (χ3v) is 2.44. The van der Waals surface area contributed by atoms with Crippen LogP contribution in [0.4, 0.5) is 0 Å². The summed E-state index contributed by atoms with van der Waals surface area (Å²) in [6, 6.07) is 10.4. The van der Waals surface area contributed by atoms with E-state index in [9.17, 15) is 0 Å². The highest BCUT2D eigenvalue weighted by molar-refractivity contribution is 5.81. The van der Waals surface area contributed by atoms with Gasteiger partial charge in [0.2, 0.25) is 0 Å². The molecule has 0 atom stereocenters. The Morgan fingerprint density at radius 2 is 2.14 bits per heavy atom. The number of rotatable bonds is 3. The number of hydrogen-bond acceptors (Lipinski definition) is 2.